The van der Waals surface area contributed by atoms with E-state index in [4.69, 9.17) is 4.74 Å². The first-order valence-electron chi connectivity index (χ1n) is 9.69. The fourth-order valence-electron chi connectivity index (χ4n) is 3.19. The zero-order valence-electron chi connectivity index (χ0n) is 16.3. The lowest BCUT2D eigenvalue weighted by atomic mass is 10.2. The SMILES string of the molecule is O=C(COC(=O)c1cccc(S(=O)(=O)N2CCCCCC2)c1)Nc1cccc(Br)c1. The van der Waals surface area contributed by atoms with Gasteiger partial charge in [-0.15, -0.1) is 0 Å². The summed E-state index contributed by atoms with van der Waals surface area (Å²) in [6.45, 7) is 0.480. The van der Waals surface area contributed by atoms with Crippen LogP contribution in [0.3, 0.4) is 0 Å². The predicted molar refractivity (Wildman–Crippen MR) is 117 cm³/mol. The second-order valence-electron chi connectivity index (χ2n) is 6.98. The van der Waals surface area contributed by atoms with Crippen LogP contribution in [-0.4, -0.2) is 44.3 Å². The average molecular weight is 495 g/mol. The van der Waals surface area contributed by atoms with Crippen LogP contribution in [0, 0.1) is 0 Å². The van der Waals surface area contributed by atoms with E-state index < -0.39 is 28.5 Å². The monoisotopic (exact) mass is 494 g/mol. The van der Waals surface area contributed by atoms with Gasteiger partial charge in [-0.3, -0.25) is 4.79 Å². The molecule has 2 aromatic rings. The summed E-state index contributed by atoms with van der Waals surface area (Å²) >= 11 is 3.31. The van der Waals surface area contributed by atoms with Crippen molar-refractivity contribution in [3.8, 4) is 0 Å². The van der Waals surface area contributed by atoms with Gasteiger partial charge in [0.2, 0.25) is 10.0 Å². The van der Waals surface area contributed by atoms with Crippen LogP contribution in [-0.2, 0) is 19.6 Å². The number of sulfonamides is 1. The maximum atomic E-state index is 12.9. The van der Waals surface area contributed by atoms with E-state index in [0.29, 0.717) is 18.8 Å². The van der Waals surface area contributed by atoms with Crippen molar-refractivity contribution >= 4 is 43.5 Å². The molecule has 0 aliphatic carbocycles. The predicted octanol–water partition coefficient (Wildman–Crippen LogP) is 3.81. The summed E-state index contributed by atoms with van der Waals surface area (Å²) in [5.74, 6) is -1.25. The van der Waals surface area contributed by atoms with Crippen molar-refractivity contribution in [1.82, 2.24) is 4.31 Å². The molecule has 0 radical (unpaired) electrons. The van der Waals surface area contributed by atoms with Gasteiger partial charge in [0.1, 0.15) is 0 Å². The number of anilines is 1. The van der Waals surface area contributed by atoms with Crippen molar-refractivity contribution in [3.63, 3.8) is 0 Å². The molecule has 1 N–H and O–H groups in total. The molecule has 1 aliphatic heterocycles. The Morgan fingerprint density at radius 2 is 1.70 bits per heavy atom. The number of benzene rings is 2. The number of ether oxygens (including phenoxy) is 1. The van der Waals surface area contributed by atoms with Crippen LogP contribution in [0.1, 0.15) is 36.0 Å². The van der Waals surface area contributed by atoms with Crippen LogP contribution in [0.5, 0.6) is 0 Å². The van der Waals surface area contributed by atoms with Gasteiger partial charge in [-0.1, -0.05) is 40.9 Å². The Hall–Kier alpha value is -2.23. The minimum absolute atomic E-state index is 0.0532. The highest BCUT2D eigenvalue weighted by atomic mass is 79.9. The molecule has 1 amide bonds. The highest BCUT2D eigenvalue weighted by Gasteiger charge is 2.26. The molecule has 3 rings (SSSR count). The Morgan fingerprint density at radius 3 is 2.40 bits per heavy atom. The van der Waals surface area contributed by atoms with E-state index in [2.05, 4.69) is 21.2 Å². The van der Waals surface area contributed by atoms with E-state index in [9.17, 15) is 18.0 Å². The van der Waals surface area contributed by atoms with Gasteiger partial charge >= 0.3 is 5.97 Å². The lowest BCUT2D eigenvalue weighted by Gasteiger charge is -2.20. The standard InChI is InChI=1S/C21H23BrN2O5S/c22-17-8-6-9-18(14-17)23-20(25)15-29-21(26)16-7-5-10-19(13-16)30(27,28)24-11-3-1-2-4-12-24/h5-10,13-14H,1-4,11-12,15H2,(H,23,25). The molecule has 160 valence electrons. The van der Waals surface area contributed by atoms with Gasteiger partial charge in [0.25, 0.3) is 5.91 Å². The first-order valence-corrected chi connectivity index (χ1v) is 11.9. The van der Waals surface area contributed by atoms with Crippen LogP contribution < -0.4 is 5.32 Å². The average Bonchev–Trinajstić information content (AvgIpc) is 3.02. The van der Waals surface area contributed by atoms with Crippen LogP contribution in [0.25, 0.3) is 0 Å². The molecule has 30 heavy (non-hydrogen) atoms. The normalized spacial score (nSPS) is 15.2. The summed E-state index contributed by atoms with van der Waals surface area (Å²) in [5, 5.41) is 2.63. The summed E-state index contributed by atoms with van der Waals surface area (Å²) in [6.07, 6.45) is 3.68. The minimum Gasteiger partial charge on any atom is -0.452 e. The molecule has 0 bridgehead atoms. The molecule has 1 heterocycles. The molecule has 2 aromatic carbocycles. The van der Waals surface area contributed by atoms with Gasteiger partial charge in [0, 0.05) is 23.2 Å². The van der Waals surface area contributed by atoms with Crippen molar-refractivity contribution < 1.29 is 22.7 Å². The fourth-order valence-corrected chi connectivity index (χ4v) is 5.16. The number of carbonyl (C=O) groups is 2. The van der Waals surface area contributed by atoms with E-state index in [1.165, 1.54) is 28.6 Å². The van der Waals surface area contributed by atoms with Crippen molar-refractivity contribution in [3.05, 3.63) is 58.6 Å². The van der Waals surface area contributed by atoms with Gasteiger partial charge in [-0.2, -0.15) is 4.31 Å². The Morgan fingerprint density at radius 1 is 1.00 bits per heavy atom. The number of rotatable bonds is 6. The highest BCUT2D eigenvalue weighted by Crippen LogP contribution is 2.21. The maximum absolute atomic E-state index is 12.9. The van der Waals surface area contributed by atoms with Gasteiger partial charge in [-0.25, -0.2) is 13.2 Å². The lowest BCUT2D eigenvalue weighted by molar-refractivity contribution is -0.119. The number of esters is 1. The van der Waals surface area contributed by atoms with E-state index in [1.54, 1.807) is 18.2 Å². The molecule has 7 nitrogen and oxygen atoms in total. The second kappa shape index (κ2) is 10.2. The van der Waals surface area contributed by atoms with E-state index in [-0.39, 0.29) is 10.5 Å². The second-order valence-corrected chi connectivity index (χ2v) is 9.83. The zero-order chi connectivity index (χ0) is 21.6. The summed E-state index contributed by atoms with van der Waals surface area (Å²) in [6, 6.07) is 12.8. The molecule has 1 saturated heterocycles. The van der Waals surface area contributed by atoms with E-state index in [1.807, 2.05) is 6.07 Å². The van der Waals surface area contributed by atoms with Gasteiger partial charge in [-0.05, 0) is 49.2 Å². The van der Waals surface area contributed by atoms with Crippen LogP contribution in [0.4, 0.5) is 5.69 Å². The van der Waals surface area contributed by atoms with E-state index in [0.717, 1.165) is 30.2 Å². The number of carbonyl (C=O) groups excluding carboxylic acids is 2. The molecule has 1 aliphatic rings. The third-order valence-corrected chi connectivity index (χ3v) is 7.10. The number of nitrogens with one attached hydrogen (secondary N) is 1. The van der Waals surface area contributed by atoms with Crippen molar-refractivity contribution in [2.45, 2.75) is 30.6 Å². The molecular weight excluding hydrogens is 472 g/mol. The molecular formula is C21H23BrN2O5S. The quantitative estimate of drug-likeness (QED) is 0.616. The Balaban J connectivity index is 1.63. The van der Waals surface area contributed by atoms with Crippen LogP contribution in [0.2, 0.25) is 0 Å². The topological polar surface area (TPSA) is 92.8 Å². The largest absolute Gasteiger partial charge is 0.452 e. The summed E-state index contributed by atoms with van der Waals surface area (Å²) < 4.78 is 33.2. The number of nitrogens with zero attached hydrogens (tertiary/aromatic N) is 1. The zero-order valence-corrected chi connectivity index (χ0v) is 18.7. The van der Waals surface area contributed by atoms with Crippen LogP contribution in [0.15, 0.2) is 57.9 Å². The summed E-state index contributed by atoms with van der Waals surface area (Å²) in [7, 11) is -3.68. The number of halogens is 1. The lowest BCUT2D eigenvalue weighted by Crippen LogP contribution is -2.32. The van der Waals surface area contributed by atoms with Crippen molar-refractivity contribution in [2.24, 2.45) is 0 Å². The van der Waals surface area contributed by atoms with Crippen LogP contribution >= 0.6 is 15.9 Å². The summed E-state index contributed by atoms with van der Waals surface area (Å²) in [4.78, 5) is 24.4. The molecule has 0 unspecified atom stereocenters. The molecule has 0 aromatic heterocycles. The van der Waals surface area contributed by atoms with Gasteiger partial charge < -0.3 is 10.1 Å². The van der Waals surface area contributed by atoms with Gasteiger partial charge in [0.15, 0.2) is 6.61 Å². The molecule has 1 fully saturated rings. The molecule has 0 atom stereocenters. The molecule has 0 saturated carbocycles. The third-order valence-electron chi connectivity index (χ3n) is 4.72. The third kappa shape index (κ3) is 5.90. The first-order chi connectivity index (χ1) is 14.4. The van der Waals surface area contributed by atoms with Gasteiger partial charge in [0.05, 0.1) is 10.5 Å². The highest BCUT2D eigenvalue weighted by molar-refractivity contribution is 9.10. The number of hydrogen-bond acceptors (Lipinski definition) is 5. The summed E-state index contributed by atoms with van der Waals surface area (Å²) in [5.41, 5.74) is 0.650. The first kappa shape index (κ1) is 22.5. The van der Waals surface area contributed by atoms with E-state index >= 15 is 0 Å². The molecule has 0 spiro atoms. The van der Waals surface area contributed by atoms with Crippen molar-refractivity contribution in [2.75, 3.05) is 25.0 Å². The Bertz CT molecular complexity index is 1020. The number of amides is 1. The Labute approximate surface area is 184 Å². The molecule has 9 heteroatoms. The smallest absolute Gasteiger partial charge is 0.338 e. The Kier molecular flexibility index (Phi) is 7.63. The fraction of sp³-hybridized carbons (Fsp3) is 0.333. The number of hydrogen-bond donors (Lipinski definition) is 1. The maximum Gasteiger partial charge on any atom is 0.338 e. The minimum atomic E-state index is -3.68. The van der Waals surface area contributed by atoms with Crippen molar-refractivity contribution in [1.29, 1.82) is 0 Å².